The van der Waals surface area contributed by atoms with Gasteiger partial charge in [-0.1, -0.05) is 12.8 Å². The third-order valence-corrected chi connectivity index (χ3v) is 4.96. The molecule has 9 heteroatoms. The number of hydrogen-bond donors (Lipinski definition) is 4. The van der Waals surface area contributed by atoms with Crippen LogP contribution in [0.3, 0.4) is 0 Å². The van der Waals surface area contributed by atoms with Crippen LogP contribution in [0, 0.1) is 5.92 Å². The molecule has 0 aliphatic carbocycles. The van der Waals surface area contributed by atoms with Gasteiger partial charge in [0.05, 0.1) is 12.0 Å². The smallest absolute Gasteiger partial charge is 0.326 e. The molecule has 2 fully saturated rings. The van der Waals surface area contributed by atoms with Gasteiger partial charge < -0.3 is 26.2 Å². The number of amides is 2. The van der Waals surface area contributed by atoms with E-state index in [9.17, 15) is 29.4 Å². The number of nitrogens with one attached hydrogen (secondary N) is 1. The van der Waals surface area contributed by atoms with Gasteiger partial charge in [0.1, 0.15) is 12.1 Å². The van der Waals surface area contributed by atoms with E-state index in [1.165, 1.54) is 4.90 Å². The predicted octanol–water partition coefficient (Wildman–Crippen LogP) is -0.461. The van der Waals surface area contributed by atoms with E-state index in [-0.39, 0.29) is 18.7 Å². The molecular formula is C16H25N3O6. The summed E-state index contributed by atoms with van der Waals surface area (Å²) in [5.74, 6) is -4.10. The highest BCUT2D eigenvalue weighted by Gasteiger charge is 2.38. The van der Waals surface area contributed by atoms with Crippen molar-refractivity contribution in [1.82, 2.24) is 10.2 Å². The zero-order chi connectivity index (χ0) is 18.6. The fraction of sp³-hybridized carbons (Fsp3) is 0.750. The van der Waals surface area contributed by atoms with Crippen LogP contribution in [0.15, 0.2) is 0 Å². The number of rotatable bonds is 2. The second-order valence-electron chi connectivity index (χ2n) is 6.75. The van der Waals surface area contributed by atoms with Gasteiger partial charge in [0, 0.05) is 6.54 Å². The van der Waals surface area contributed by atoms with Crippen LogP contribution in [0.1, 0.15) is 44.9 Å². The molecule has 9 nitrogen and oxygen atoms in total. The highest BCUT2D eigenvalue weighted by atomic mass is 16.4. The Balaban J connectivity index is 2.24. The van der Waals surface area contributed by atoms with Crippen LogP contribution in [-0.4, -0.2) is 63.5 Å². The van der Waals surface area contributed by atoms with Gasteiger partial charge in [-0.25, -0.2) is 4.79 Å². The molecule has 0 aromatic rings. The molecule has 2 amide bonds. The second-order valence-corrected chi connectivity index (χ2v) is 6.75. The maximum absolute atomic E-state index is 12.5. The Labute approximate surface area is 145 Å². The van der Waals surface area contributed by atoms with E-state index in [2.05, 4.69) is 5.32 Å². The van der Waals surface area contributed by atoms with E-state index in [4.69, 9.17) is 5.73 Å². The maximum Gasteiger partial charge on any atom is 0.326 e. The number of fused-ring (bicyclic) bond motifs is 1. The van der Waals surface area contributed by atoms with E-state index in [0.717, 1.165) is 0 Å². The number of carbonyl (C=O) groups excluding carboxylic acids is 2. The van der Waals surface area contributed by atoms with Crippen molar-refractivity contribution in [2.45, 2.75) is 63.1 Å². The van der Waals surface area contributed by atoms with E-state index >= 15 is 0 Å². The Kier molecular flexibility index (Phi) is 6.35. The van der Waals surface area contributed by atoms with Gasteiger partial charge in [-0.2, -0.15) is 0 Å². The van der Waals surface area contributed by atoms with Gasteiger partial charge >= 0.3 is 11.9 Å². The van der Waals surface area contributed by atoms with E-state index in [1.54, 1.807) is 0 Å². The molecule has 0 saturated carbocycles. The number of carboxylic acid groups (broad SMARTS) is 2. The predicted molar refractivity (Wildman–Crippen MR) is 86.5 cm³/mol. The van der Waals surface area contributed by atoms with E-state index < -0.39 is 41.9 Å². The van der Waals surface area contributed by atoms with E-state index in [0.29, 0.717) is 38.6 Å². The first-order valence-corrected chi connectivity index (χ1v) is 8.63. The first-order chi connectivity index (χ1) is 11.8. The van der Waals surface area contributed by atoms with Crippen molar-refractivity contribution in [3.8, 4) is 0 Å². The molecule has 2 aliphatic rings. The van der Waals surface area contributed by atoms with E-state index in [1.807, 2.05) is 0 Å². The first-order valence-electron chi connectivity index (χ1n) is 8.63. The average molecular weight is 355 g/mol. The standard InChI is InChI=1S/C16H25N3O6/c17-10-5-2-1-4-9(15(22)23)8-11(16(24)25)18-13(20)12-6-3-7-19(12)14(10)21/h9-12H,1-8,17H2,(H,18,20)(H,22,23)(H,24,25)/t9?,10-,11-,12-/m0/s1. The number of nitrogens with two attached hydrogens (primary N) is 1. The summed E-state index contributed by atoms with van der Waals surface area (Å²) in [5.41, 5.74) is 5.94. The van der Waals surface area contributed by atoms with Gasteiger partial charge in [-0.05, 0) is 32.1 Å². The highest BCUT2D eigenvalue weighted by molar-refractivity contribution is 5.92. The summed E-state index contributed by atoms with van der Waals surface area (Å²) in [6.07, 6.45) is 2.71. The monoisotopic (exact) mass is 355 g/mol. The highest BCUT2D eigenvalue weighted by Crippen LogP contribution is 2.22. The van der Waals surface area contributed by atoms with Crippen molar-refractivity contribution in [1.29, 1.82) is 0 Å². The molecule has 0 aromatic carbocycles. The Morgan fingerprint density at radius 1 is 1.04 bits per heavy atom. The SMILES string of the molecule is N[C@H]1CCCCC(C(=O)O)C[C@@H](C(=O)O)NC(=O)[C@@H]2CCCN2C1=O. The molecule has 25 heavy (non-hydrogen) atoms. The van der Waals surface area contributed by atoms with Crippen LogP contribution in [0.4, 0.5) is 0 Å². The minimum atomic E-state index is -1.29. The van der Waals surface area contributed by atoms with Crippen molar-refractivity contribution in [3.63, 3.8) is 0 Å². The summed E-state index contributed by atoms with van der Waals surface area (Å²) >= 11 is 0. The Morgan fingerprint density at radius 3 is 2.36 bits per heavy atom. The minimum Gasteiger partial charge on any atom is -0.481 e. The molecule has 0 aromatic heterocycles. The summed E-state index contributed by atoms with van der Waals surface area (Å²) in [7, 11) is 0. The quantitative estimate of drug-likeness (QED) is 0.523. The Bertz CT molecular complexity index is 552. The molecule has 4 atom stereocenters. The number of carbonyl (C=O) groups is 4. The van der Waals surface area contributed by atoms with Crippen molar-refractivity contribution in [2.75, 3.05) is 6.54 Å². The number of aliphatic carboxylic acids is 2. The molecule has 140 valence electrons. The molecular weight excluding hydrogens is 330 g/mol. The lowest BCUT2D eigenvalue weighted by molar-refractivity contribution is -0.146. The zero-order valence-electron chi connectivity index (χ0n) is 14.0. The van der Waals surface area contributed by atoms with Crippen LogP contribution in [0.2, 0.25) is 0 Å². The Morgan fingerprint density at radius 2 is 1.72 bits per heavy atom. The molecule has 2 rings (SSSR count). The van der Waals surface area contributed by atoms with Crippen LogP contribution in [0.25, 0.3) is 0 Å². The van der Waals surface area contributed by atoms with Gasteiger partial charge in [-0.15, -0.1) is 0 Å². The minimum absolute atomic E-state index is 0.177. The summed E-state index contributed by atoms with van der Waals surface area (Å²) in [6.45, 7) is 0.417. The number of carboxylic acids is 2. The third-order valence-electron chi connectivity index (χ3n) is 4.96. The molecule has 0 spiro atoms. The largest absolute Gasteiger partial charge is 0.481 e. The van der Waals surface area contributed by atoms with Gasteiger partial charge in [0.2, 0.25) is 11.8 Å². The van der Waals surface area contributed by atoms with Gasteiger partial charge in [0.25, 0.3) is 0 Å². The van der Waals surface area contributed by atoms with Crippen LogP contribution in [-0.2, 0) is 19.2 Å². The summed E-state index contributed by atoms with van der Waals surface area (Å²) in [4.78, 5) is 49.2. The zero-order valence-corrected chi connectivity index (χ0v) is 14.0. The van der Waals surface area contributed by atoms with Gasteiger partial charge in [0.15, 0.2) is 0 Å². The Hall–Kier alpha value is -2.16. The molecule has 2 heterocycles. The lowest BCUT2D eigenvalue weighted by Crippen LogP contribution is -2.54. The van der Waals surface area contributed by atoms with Crippen molar-refractivity contribution in [3.05, 3.63) is 0 Å². The topological polar surface area (TPSA) is 150 Å². The first kappa shape index (κ1) is 19.2. The van der Waals surface area contributed by atoms with Crippen LogP contribution < -0.4 is 11.1 Å². The summed E-state index contributed by atoms with van der Waals surface area (Å²) in [5, 5.41) is 21.1. The average Bonchev–Trinajstić information content (AvgIpc) is 3.03. The lowest BCUT2D eigenvalue weighted by atomic mass is 9.93. The summed E-state index contributed by atoms with van der Waals surface area (Å²) < 4.78 is 0. The van der Waals surface area contributed by atoms with Crippen molar-refractivity contribution < 1.29 is 29.4 Å². The normalized spacial score (nSPS) is 32.0. The molecule has 2 aliphatic heterocycles. The van der Waals surface area contributed by atoms with Crippen molar-refractivity contribution >= 4 is 23.8 Å². The lowest BCUT2D eigenvalue weighted by Gasteiger charge is -2.27. The summed E-state index contributed by atoms with van der Waals surface area (Å²) in [6, 6.07) is -2.77. The number of nitrogens with zero attached hydrogens (tertiary/aromatic N) is 1. The molecule has 0 bridgehead atoms. The molecule has 1 unspecified atom stereocenters. The van der Waals surface area contributed by atoms with Crippen LogP contribution >= 0.6 is 0 Å². The fourth-order valence-electron chi connectivity index (χ4n) is 3.51. The third kappa shape index (κ3) is 4.68. The molecule has 0 radical (unpaired) electrons. The second kappa shape index (κ2) is 8.28. The fourth-order valence-corrected chi connectivity index (χ4v) is 3.51. The maximum atomic E-state index is 12.5. The molecule has 2 saturated heterocycles. The number of hydrogen-bond acceptors (Lipinski definition) is 5. The van der Waals surface area contributed by atoms with Gasteiger partial charge in [-0.3, -0.25) is 14.4 Å². The van der Waals surface area contributed by atoms with Crippen LogP contribution in [0.5, 0.6) is 0 Å². The molecule has 5 N–H and O–H groups in total. The van der Waals surface area contributed by atoms with Crippen molar-refractivity contribution in [2.24, 2.45) is 11.7 Å².